The van der Waals surface area contributed by atoms with Crippen molar-refractivity contribution in [2.24, 2.45) is 7.05 Å². The lowest BCUT2D eigenvalue weighted by Gasteiger charge is -2.05. The molecule has 2 heterocycles. The highest BCUT2D eigenvalue weighted by Crippen LogP contribution is 2.22. The molecule has 0 aliphatic carbocycles. The molecular weight excluding hydrogens is 305 g/mol. The van der Waals surface area contributed by atoms with E-state index in [1.54, 1.807) is 24.1 Å². The quantitative estimate of drug-likeness (QED) is 0.873. The van der Waals surface area contributed by atoms with Gasteiger partial charge in [-0.25, -0.2) is 0 Å². The molecule has 6 heteroatoms. The molecule has 17 heavy (non-hydrogen) atoms. The zero-order chi connectivity index (χ0) is 12.4. The van der Waals surface area contributed by atoms with Gasteiger partial charge in [0, 0.05) is 23.3 Å². The van der Waals surface area contributed by atoms with E-state index in [0.29, 0.717) is 17.5 Å². The molecule has 0 spiro atoms. The number of pyridine rings is 1. The predicted octanol–water partition coefficient (Wildman–Crippen LogP) is 3.12. The average Bonchev–Trinajstić information content (AvgIpc) is 2.51. The Morgan fingerprint density at radius 2 is 2.24 bits per heavy atom. The van der Waals surface area contributed by atoms with Crippen molar-refractivity contribution in [3.63, 3.8) is 0 Å². The van der Waals surface area contributed by atoms with Crippen LogP contribution < -0.4 is 4.74 Å². The molecule has 0 radical (unpaired) electrons. The van der Waals surface area contributed by atoms with Gasteiger partial charge in [0.05, 0.1) is 11.9 Å². The van der Waals surface area contributed by atoms with Crippen molar-refractivity contribution < 1.29 is 4.74 Å². The van der Waals surface area contributed by atoms with Crippen LogP contribution >= 0.6 is 27.5 Å². The second kappa shape index (κ2) is 5.06. The molecule has 0 fully saturated rings. The van der Waals surface area contributed by atoms with Crippen molar-refractivity contribution in [1.82, 2.24) is 14.8 Å². The van der Waals surface area contributed by atoms with Crippen LogP contribution in [0, 0.1) is 6.92 Å². The van der Waals surface area contributed by atoms with E-state index in [1.165, 1.54) is 0 Å². The minimum absolute atomic E-state index is 0.386. The summed E-state index contributed by atoms with van der Waals surface area (Å²) in [7, 11) is 1.81. The highest BCUT2D eigenvalue weighted by molar-refractivity contribution is 9.10. The Morgan fingerprint density at radius 3 is 2.82 bits per heavy atom. The first-order chi connectivity index (χ1) is 8.08. The summed E-state index contributed by atoms with van der Waals surface area (Å²) >= 11 is 9.44. The van der Waals surface area contributed by atoms with Crippen LogP contribution in [0.5, 0.6) is 5.75 Å². The maximum absolute atomic E-state index is 6.11. The molecule has 0 saturated heterocycles. The summed E-state index contributed by atoms with van der Waals surface area (Å²) in [5.74, 6) is 0.693. The van der Waals surface area contributed by atoms with Gasteiger partial charge < -0.3 is 4.74 Å². The molecule has 2 rings (SSSR count). The average molecular weight is 317 g/mol. The standard InChI is InChI=1S/C11H11BrClN3O/c1-7-10(11(13)16(2)15-7)6-17-9-3-8(12)4-14-5-9/h3-5H,6H2,1-2H3. The lowest BCUT2D eigenvalue weighted by atomic mass is 10.3. The normalized spacial score (nSPS) is 10.6. The van der Waals surface area contributed by atoms with Gasteiger partial charge in [-0.2, -0.15) is 5.10 Å². The molecule has 0 bridgehead atoms. The third-order valence-electron chi connectivity index (χ3n) is 2.33. The van der Waals surface area contributed by atoms with Crippen LogP contribution in [0.2, 0.25) is 5.15 Å². The first-order valence-corrected chi connectivity index (χ1v) is 6.16. The zero-order valence-corrected chi connectivity index (χ0v) is 11.8. The molecule has 0 aliphatic heterocycles. The Hall–Kier alpha value is -1.07. The molecule has 0 aromatic carbocycles. The molecule has 0 unspecified atom stereocenters. The molecule has 0 N–H and O–H groups in total. The van der Waals surface area contributed by atoms with Gasteiger partial charge in [0.25, 0.3) is 0 Å². The summed E-state index contributed by atoms with van der Waals surface area (Å²) in [4.78, 5) is 4.02. The van der Waals surface area contributed by atoms with E-state index >= 15 is 0 Å². The third-order valence-corrected chi connectivity index (χ3v) is 3.24. The molecule has 0 atom stereocenters. The fourth-order valence-corrected chi connectivity index (χ4v) is 2.04. The lowest BCUT2D eigenvalue weighted by Crippen LogP contribution is -1.97. The van der Waals surface area contributed by atoms with E-state index in [4.69, 9.17) is 16.3 Å². The largest absolute Gasteiger partial charge is 0.487 e. The lowest BCUT2D eigenvalue weighted by molar-refractivity contribution is 0.304. The van der Waals surface area contributed by atoms with E-state index < -0.39 is 0 Å². The molecule has 0 aliphatic rings. The fraction of sp³-hybridized carbons (Fsp3) is 0.273. The first kappa shape index (κ1) is 12.4. The van der Waals surface area contributed by atoms with Crippen molar-refractivity contribution >= 4 is 27.5 Å². The monoisotopic (exact) mass is 315 g/mol. The van der Waals surface area contributed by atoms with Crippen molar-refractivity contribution in [1.29, 1.82) is 0 Å². The highest BCUT2D eigenvalue weighted by atomic mass is 79.9. The van der Waals surface area contributed by atoms with Gasteiger partial charge >= 0.3 is 0 Å². The van der Waals surface area contributed by atoms with Gasteiger partial charge in [-0.1, -0.05) is 11.6 Å². The van der Waals surface area contributed by atoms with Crippen LogP contribution in [0.4, 0.5) is 0 Å². The van der Waals surface area contributed by atoms with Crippen LogP contribution in [-0.4, -0.2) is 14.8 Å². The number of aryl methyl sites for hydroxylation is 2. The molecule has 2 aromatic rings. The number of rotatable bonds is 3. The highest BCUT2D eigenvalue weighted by Gasteiger charge is 2.11. The summed E-state index contributed by atoms with van der Waals surface area (Å²) in [6, 6.07) is 1.85. The third kappa shape index (κ3) is 2.79. The number of ether oxygens (including phenoxy) is 1. The van der Waals surface area contributed by atoms with Crippen molar-refractivity contribution in [3.8, 4) is 5.75 Å². The minimum atomic E-state index is 0.386. The van der Waals surface area contributed by atoms with Crippen molar-refractivity contribution in [3.05, 3.63) is 39.3 Å². The summed E-state index contributed by atoms with van der Waals surface area (Å²) in [6.07, 6.45) is 3.36. The van der Waals surface area contributed by atoms with Gasteiger partial charge in [0.1, 0.15) is 17.5 Å². The van der Waals surface area contributed by atoms with Crippen molar-refractivity contribution in [2.75, 3.05) is 0 Å². The van der Waals surface area contributed by atoms with E-state index in [-0.39, 0.29) is 0 Å². The minimum Gasteiger partial charge on any atom is -0.487 e. The Kier molecular flexibility index (Phi) is 3.69. The van der Waals surface area contributed by atoms with Crippen LogP contribution in [0.1, 0.15) is 11.3 Å². The second-order valence-electron chi connectivity index (χ2n) is 3.61. The zero-order valence-electron chi connectivity index (χ0n) is 9.44. The number of aromatic nitrogens is 3. The molecular formula is C11H11BrClN3O. The fourth-order valence-electron chi connectivity index (χ4n) is 1.46. The van der Waals surface area contributed by atoms with Crippen LogP contribution in [0.25, 0.3) is 0 Å². The van der Waals surface area contributed by atoms with Gasteiger partial charge in [-0.3, -0.25) is 9.67 Å². The Labute approximate surface area is 113 Å². The van der Waals surface area contributed by atoms with Crippen LogP contribution in [0.15, 0.2) is 22.9 Å². The van der Waals surface area contributed by atoms with Gasteiger partial charge in [0.15, 0.2) is 0 Å². The van der Waals surface area contributed by atoms with Gasteiger partial charge in [0.2, 0.25) is 0 Å². The maximum Gasteiger partial charge on any atom is 0.139 e. The molecule has 0 saturated carbocycles. The summed E-state index contributed by atoms with van der Waals surface area (Å²) in [5.41, 5.74) is 1.77. The summed E-state index contributed by atoms with van der Waals surface area (Å²) in [5, 5.41) is 4.82. The van der Waals surface area contributed by atoms with E-state index in [2.05, 4.69) is 26.0 Å². The van der Waals surface area contributed by atoms with Gasteiger partial charge in [-0.05, 0) is 28.9 Å². The smallest absolute Gasteiger partial charge is 0.139 e. The summed E-state index contributed by atoms with van der Waals surface area (Å²) < 4.78 is 8.13. The topological polar surface area (TPSA) is 39.9 Å². The Bertz CT molecular complexity index is 542. The number of hydrogen-bond acceptors (Lipinski definition) is 3. The summed E-state index contributed by atoms with van der Waals surface area (Å²) in [6.45, 7) is 2.29. The molecule has 2 aromatic heterocycles. The molecule has 0 amide bonds. The predicted molar refractivity (Wildman–Crippen MR) is 69.2 cm³/mol. The Balaban J connectivity index is 2.12. The van der Waals surface area contributed by atoms with Gasteiger partial charge in [-0.15, -0.1) is 0 Å². The number of nitrogens with zero attached hydrogens (tertiary/aromatic N) is 3. The second-order valence-corrected chi connectivity index (χ2v) is 4.88. The first-order valence-electron chi connectivity index (χ1n) is 4.99. The van der Waals surface area contributed by atoms with Crippen LogP contribution in [0.3, 0.4) is 0 Å². The van der Waals surface area contributed by atoms with Crippen molar-refractivity contribution in [2.45, 2.75) is 13.5 Å². The molecule has 90 valence electrons. The van der Waals surface area contributed by atoms with E-state index in [9.17, 15) is 0 Å². The SMILES string of the molecule is Cc1nn(C)c(Cl)c1COc1cncc(Br)c1. The Morgan fingerprint density at radius 1 is 1.47 bits per heavy atom. The van der Waals surface area contributed by atoms with E-state index in [1.807, 2.05) is 13.0 Å². The maximum atomic E-state index is 6.11. The molecule has 4 nitrogen and oxygen atoms in total. The van der Waals surface area contributed by atoms with Crippen LogP contribution in [-0.2, 0) is 13.7 Å². The number of hydrogen-bond donors (Lipinski definition) is 0. The number of halogens is 2. The van der Waals surface area contributed by atoms with E-state index in [0.717, 1.165) is 15.7 Å².